The van der Waals surface area contributed by atoms with Gasteiger partial charge in [0.2, 0.25) is 0 Å². The summed E-state index contributed by atoms with van der Waals surface area (Å²) in [5, 5.41) is 9.80. The highest BCUT2D eigenvalue weighted by molar-refractivity contribution is 6.02. The van der Waals surface area contributed by atoms with Crippen LogP contribution in [0.2, 0.25) is 0 Å². The maximum atomic E-state index is 13.2. The van der Waals surface area contributed by atoms with Crippen molar-refractivity contribution in [2.45, 2.75) is 13.8 Å². The molecule has 1 aliphatic heterocycles. The van der Waals surface area contributed by atoms with E-state index in [1.165, 1.54) is 0 Å². The summed E-state index contributed by atoms with van der Waals surface area (Å²) in [7, 11) is 0. The minimum atomic E-state index is -0.214. The van der Waals surface area contributed by atoms with Crippen molar-refractivity contribution >= 4 is 17.7 Å². The van der Waals surface area contributed by atoms with Crippen molar-refractivity contribution in [2.75, 3.05) is 37.7 Å². The first-order valence-corrected chi connectivity index (χ1v) is 11.8. The molecular formula is C29H30N4O2. The first-order chi connectivity index (χ1) is 17.0. The van der Waals surface area contributed by atoms with E-state index in [0.717, 1.165) is 47.2 Å². The Balaban J connectivity index is 1.50. The summed E-state index contributed by atoms with van der Waals surface area (Å²) in [6.07, 6.45) is 3.43. The molecule has 0 saturated carbocycles. The van der Waals surface area contributed by atoms with E-state index in [1.807, 2.05) is 62.4 Å². The minimum absolute atomic E-state index is 0.159. The van der Waals surface area contributed by atoms with Gasteiger partial charge in [0.25, 0.3) is 5.91 Å². The number of carbonyl (C=O) groups is 1. The van der Waals surface area contributed by atoms with Crippen LogP contribution in [0.25, 0.3) is 11.8 Å². The molecule has 0 aliphatic carbocycles. The number of nitrogens with zero attached hydrogens (tertiary/aromatic N) is 4. The molecule has 2 aromatic carbocycles. The quantitative estimate of drug-likeness (QED) is 0.282. The number of aromatic nitrogens is 1. The zero-order chi connectivity index (χ0) is 24.8. The molecule has 3 aromatic rings. The molecule has 0 radical (unpaired) electrons. The number of para-hydroxylation sites is 1. The van der Waals surface area contributed by atoms with Gasteiger partial charge in [-0.25, -0.2) is 0 Å². The Kier molecular flexibility index (Phi) is 7.37. The molecule has 1 amide bonds. The predicted octanol–water partition coefficient (Wildman–Crippen LogP) is 4.91. The molecule has 0 bridgehead atoms. The average Bonchev–Trinajstić information content (AvgIpc) is 3.18. The number of nitriles is 1. The lowest BCUT2D eigenvalue weighted by molar-refractivity contribution is -0.126. The molecular weight excluding hydrogens is 436 g/mol. The van der Waals surface area contributed by atoms with Gasteiger partial charge in [-0.3, -0.25) is 4.79 Å². The number of piperazine rings is 1. The zero-order valence-electron chi connectivity index (χ0n) is 20.3. The van der Waals surface area contributed by atoms with Crippen LogP contribution in [0.3, 0.4) is 0 Å². The second kappa shape index (κ2) is 10.8. The predicted molar refractivity (Wildman–Crippen MR) is 140 cm³/mol. The van der Waals surface area contributed by atoms with Gasteiger partial charge in [0, 0.05) is 48.9 Å². The van der Waals surface area contributed by atoms with Crippen molar-refractivity contribution in [3.63, 3.8) is 0 Å². The molecule has 35 heavy (non-hydrogen) atoms. The molecule has 0 atom stereocenters. The Hall–Kier alpha value is -4.24. The van der Waals surface area contributed by atoms with E-state index >= 15 is 0 Å². The topological polar surface area (TPSA) is 61.5 Å². The smallest absolute Gasteiger partial charge is 0.264 e. The average molecular weight is 467 g/mol. The largest absolute Gasteiger partial charge is 0.490 e. The summed E-state index contributed by atoms with van der Waals surface area (Å²) >= 11 is 0. The zero-order valence-corrected chi connectivity index (χ0v) is 20.3. The summed E-state index contributed by atoms with van der Waals surface area (Å²) in [6.45, 7) is 10.8. The normalized spacial score (nSPS) is 13.9. The number of rotatable bonds is 7. The lowest BCUT2D eigenvalue weighted by atomic mass is 10.1. The summed E-state index contributed by atoms with van der Waals surface area (Å²) in [6, 6.07) is 22.2. The summed E-state index contributed by atoms with van der Waals surface area (Å²) in [5.41, 5.74) is 5.16. The third-order valence-electron chi connectivity index (χ3n) is 6.27. The fraction of sp³-hybridized carbons (Fsp3) is 0.241. The van der Waals surface area contributed by atoms with Crippen LogP contribution < -0.4 is 9.64 Å². The van der Waals surface area contributed by atoms with Gasteiger partial charge in [-0.1, -0.05) is 30.9 Å². The summed E-state index contributed by atoms with van der Waals surface area (Å²) in [5.74, 6) is 0.565. The van der Waals surface area contributed by atoms with Crippen molar-refractivity contribution < 1.29 is 9.53 Å². The number of amides is 1. The number of benzene rings is 2. The van der Waals surface area contributed by atoms with Crippen LogP contribution in [0.5, 0.6) is 5.75 Å². The van der Waals surface area contributed by atoms with Crippen molar-refractivity contribution in [3.05, 3.63) is 95.8 Å². The molecule has 178 valence electrons. The monoisotopic (exact) mass is 466 g/mol. The molecule has 1 aromatic heterocycles. The summed E-state index contributed by atoms with van der Waals surface area (Å²) in [4.78, 5) is 17.2. The molecule has 2 heterocycles. The van der Waals surface area contributed by atoms with E-state index in [2.05, 4.69) is 34.2 Å². The van der Waals surface area contributed by atoms with Gasteiger partial charge >= 0.3 is 0 Å². The first kappa shape index (κ1) is 23.9. The Morgan fingerprint density at radius 2 is 1.71 bits per heavy atom. The van der Waals surface area contributed by atoms with E-state index in [-0.39, 0.29) is 11.5 Å². The fourth-order valence-electron chi connectivity index (χ4n) is 4.45. The molecule has 6 heteroatoms. The highest BCUT2D eigenvalue weighted by atomic mass is 16.5. The highest BCUT2D eigenvalue weighted by Crippen LogP contribution is 2.25. The molecule has 0 spiro atoms. The van der Waals surface area contributed by atoms with Crippen LogP contribution in [0.1, 0.15) is 17.0 Å². The number of hydrogen-bond acceptors (Lipinski definition) is 4. The Labute approximate surface area is 207 Å². The van der Waals surface area contributed by atoms with Gasteiger partial charge in [0.05, 0.1) is 0 Å². The van der Waals surface area contributed by atoms with Gasteiger partial charge in [-0.05, 0) is 68.0 Å². The second-order valence-corrected chi connectivity index (χ2v) is 8.54. The molecule has 6 nitrogen and oxygen atoms in total. The fourth-order valence-corrected chi connectivity index (χ4v) is 4.45. The Bertz CT molecular complexity index is 1260. The van der Waals surface area contributed by atoms with E-state index in [1.54, 1.807) is 17.1 Å². The number of hydrogen-bond donors (Lipinski definition) is 0. The molecule has 0 unspecified atom stereocenters. The minimum Gasteiger partial charge on any atom is -0.490 e. The lowest BCUT2D eigenvalue weighted by Crippen LogP contribution is -2.49. The number of ether oxygens (including phenoxy) is 1. The standard InChI is InChI=1S/C29H30N4O2/c1-4-18-35-28-12-10-27(11-13-28)33-22(2)19-24(23(33)3)20-25(21-30)29(34)32-16-14-31(15-17-32)26-8-6-5-7-9-26/h4-13,19-20H,1,14-18H2,2-3H3/b25-20-. The number of anilines is 1. The first-order valence-electron chi connectivity index (χ1n) is 11.8. The molecule has 1 saturated heterocycles. The van der Waals surface area contributed by atoms with Crippen LogP contribution in [-0.4, -0.2) is 48.2 Å². The van der Waals surface area contributed by atoms with E-state index in [0.29, 0.717) is 19.7 Å². The highest BCUT2D eigenvalue weighted by Gasteiger charge is 2.24. The maximum absolute atomic E-state index is 13.2. The number of carbonyl (C=O) groups excluding carboxylic acids is 1. The maximum Gasteiger partial charge on any atom is 0.264 e. The second-order valence-electron chi connectivity index (χ2n) is 8.54. The van der Waals surface area contributed by atoms with Crippen LogP contribution in [0.4, 0.5) is 5.69 Å². The van der Waals surface area contributed by atoms with Gasteiger partial charge in [-0.15, -0.1) is 0 Å². The third-order valence-corrected chi connectivity index (χ3v) is 6.27. The van der Waals surface area contributed by atoms with Gasteiger partial charge in [0.15, 0.2) is 0 Å². The van der Waals surface area contributed by atoms with E-state index in [4.69, 9.17) is 4.74 Å². The lowest BCUT2D eigenvalue weighted by Gasteiger charge is -2.36. The molecule has 1 aliphatic rings. The number of aryl methyl sites for hydroxylation is 1. The Morgan fingerprint density at radius 3 is 2.34 bits per heavy atom. The van der Waals surface area contributed by atoms with Crippen LogP contribution in [-0.2, 0) is 4.79 Å². The van der Waals surface area contributed by atoms with E-state index < -0.39 is 0 Å². The van der Waals surface area contributed by atoms with Crippen molar-refractivity contribution in [2.24, 2.45) is 0 Å². The van der Waals surface area contributed by atoms with Crippen molar-refractivity contribution in [3.8, 4) is 17.5 Å². The molecule has 1 fully saturated rings. The van der Waals surface area contributed by atoms with Crippen LogP contribution in [0.15, 0.2) is 78.9 Å². The SMILES string of the molecule is C=CCOc1ccc(-n2c(C)cc(/C=C(/C#N)C(=O)N3CCN(c4ccccc4)CC3)c2C)cc1. The molecule has 0 N–H and O–H groups in total. The Morgan fingerprint density at radius 1 is 1.03 bits per heavy atom. The molecule has 4 rings (SSSR count). The van der Waals surface area contributed by atoms with E-state index in [9.17, 15) is 10.1 Å². The van der Waals surface area contributed by atoms with Crippen molar-refractivity contribution in [1.29, 1.82) is 5.26 Å². The van der Waals surface area contributed by atoms with Gasteiger partial charge < -0.3 is 19.1 Å². The van der Waals surface area contributed by atoms with Gasteiger partial charge in [0.1, 0.15) is 24.0 Å². The third kappa shape index (κ3) is 5.30. The summed E-state index contributed by atoms with van der Waals surface area (Å²) < 4.78 is 7.69. The van der Waals surface area contributed by atoms with Crippen LogP contribution in [0, 0.1) is 25.2 Å². The van der Waals surface area contributed by atoms with Gasteiger partial charge in [-0.2, -0.15) is 5.26 Å². The van der Waals surface area contributed by atoms with Crippen LogP contribution >= 0.6 is 0 Å². The van der Waals surface area contributed by atoms with Crippen molar-refractivity contribution in [1.82, 2.24) is 9.47 Å².